The van der Waals surface area contributed by atoms with Crippen LogP contribution in [0.2, 0.25) is 0 Å². The molecule has 0 bridgehead atoms. The number of ether oxygens (including phenoxy) is 1. The summed E-state index contributed by atoms with van der Waals surface area (Å²) in [6.45, 7) is 6.49. The van der Waals surface area contributed by atoms with Gasteiger partial charge in [0.15, 0.2) is 0 Å². The molecular formula is C8H16N2O. The number of hydrogen-bond acceptors (Lipinski definition) is 3. The zero-order chi connectivity index (χ0) is 8.91. The van der Waals surface area contributed by atoms with Gasteiger partial charge in [-0.1, -0.05) is 0 Å². The molecule has 0 aromatic heterocycles. The quantitative estimate of drug-likeness (QED) is 0.664. The second-order valence-corrected chi connectivity index (χ2v) is 3.49. The van der Waals surface area contributed by atoms with Crippen LogP contribution >= 0.6 is 0 Å². The molecular weight excluding hydrogens is 140 g/mol. The highest BCUT2D eigenvalue weighted by atomic mass is 16.5. The molecule has 0 spiro atoms. The second-order valence-electron chi connectivity index (χ2n) is 3.49. The predicted octanol–water partition coefficient (Wildman–Crippen LogP) is 1.04. The molecule has 0 aliphatic heterocycles. The molecule has 0 amide bonds. The summed E-state index contributed by atoms with van der Waals surface area (Å²) in [4.78, 5) is 0. The smallest absolute Gasteiger partial charge is 0.0950 e. The molecule has 3 heteroatoms. The fourth-order valence-electron chi connectivity index (χ4n) is 0.557. The molecule has 11 heavy (non-hydrogen) atoms. The van der Waals surface area contributed by atoms with Gasteiger partial charge in [0.2, 0.25) is 0 Å². The van der Waals surface area contributed by atoms with Crippen LogP contribution in [0.4, 0.5) is 0 Å². The lowest BCUT2D eigenvalue weighted by atomic mass is 10.2. The number of rotatable bonds is 3. The third kappa shape index (κ3) is 7.31. The van der Waals surface area contributed by atoms with Crippen LogP contribution in [0.1, 0.15) is 27.2 Å². The largest absolute Gasteiger partial charge is 0.376 e. The predicted molar refractivity (Wildman–Crippen MR) is 43.9 cm³/mol. The van der Waals surface area contributed by atoms with Gasteiger partial charge >= 0.3 is 0 Å². The van der Waals surface area contributed by atoms with E-state index in [1.807, 2.05) is 26.8 Å². The van der Waals surface area contributed by atoms with E-state index >= 15 is 0 Å². The number of nitriles is 1. The Kier molecular flexibility index (Phi) is 4.09. The lowest BCUT2D eigenvalue weighted by molar-refractivity contribution is -0.00463. The Morgan fingerprint density at radius 3 is 2.45 bits per heavy atom. The first-order valence-corrected chi connectivity index (χ1v) is 3.75. The van der Waals surface area contributed by atoms with Crippen molar-refractivity contribution in [2.45, 2.75) is 38.8 Å². The van der Waals surface area contributed by atoms with Gasteiger partial charge in [-0.3, -0.25) is 0 Å². The minimum absolute atomic E-state index is 0.130. The summed E-state index contributed by atoms with van der Waals surface area (Å²) in [6.07, 6.45) is 0.605. The van der Waals surface area contributed by atoms with Crippen LogP contribution < -0.4 is 5.73 Å². The monoisotopic (exact) mass is 156 g/mol. The molecule has 0 aromatic carbocycles. The first kappa shape index (κ1) is 10.4. The topological polar surface area (TPSA) is 59.0 Å². The zero-order valence-electron chi connectivity index (χ0n) is 7.42. The Balaban J connectivity index is 3.37. The molecule has 1 unspecified atom stereocenters. The van der Waals surface area contributed by atoms with E-state index in [4.69, 9.17) is 15.7 Å². The van der Waals surface area contributed by atoms with Crippen molar-refractivity contribution in [2.75, 3.05) is 6.61 Å². The Hall–Kier alpha value is -0.590. The first-order chi connectivity index (χ1) is 4.95. The first-order valence-electron chi connectivity index (χ1n) is 3.75. The number of hydrogen-bond donors (Lipinski definition) is 1. The molecule has 0 saturated heterocycles. The molecule has 0 radical (unpaired) electrons. The van der Waals surface area contributed by atoms with Gasteiger partial charge in [-0.2, -0.15) is 5.26 Å². The lowest BCUT2D eigenvalue weighted by Crippen LogP contribution is -2.25. The summed E-state index contributed by atoms with van der Waals surface area (Å²) in [6, 6.07) is 1.56. The van der Waals surface area contributed by atoms with Crippen LogP contribution in [0, 0.1) is 11.3 Å². The maximum Gasteiger partial charge on any atom is 0.0950 e. The van der Waals surface area contributed by atoms with Gasteiger partial charge in [-0.15, -0.1) is 0 Å². The fourth-order valence-corrected chi connectivity index (χ4v) is 0.557. The van der Waals surface area contributed by atoms with Crippen LogP contribution in [0.5, 0.6) is 0 Å². The van der Waals surface area contributed by atoms with Crippen molar-refractivity contribution in [3.8, 4) is 6.07 Å². The van der Waals surface area contributed by atoms with Crippen molar-refractivity contribution in [1.29, 1.82) is 5.26 Å². The van der Waals surface area contributed by atoms with Crippen molar-refractivity contribution >= 4 is 0 Å². The molecule has 3 nitrogen and oxygen atoms in total. The molecule has 0 fully saturated rings. The van der Waals surface area contributed by atoms with E-state index in [9.17, 15) is 0 Å². The minimum Gasteiger partial charge on any atom is -0.376 e. The zero-order valence-corrected chi connectivity index (χ0v) is 7.42. The average Bonchev–Trinajstić information content (AvgIpc) is 1.85. The average molecular weight is 156 g/mol. The summed E-state index contributed by atoms with van der Waals surface area (Å²) < 4.78 is 5.37. The van der Waals surface area contributed by atoms with Gasteiger partial charge in [-0.25, -0.2) is 0 Å². The Labute approximate surface area is 68.1 Å². The SMILES string of the molecule is CC(C)(C)OCCC(N)C#N. The third-order valence-electron chi connectivity index (χ3n) is 1.13. The number of nitrogens with two attached hydrogens (primary N) is 1. The number of nitrogens with zero attached hydrogens (tertiary/aromatic N) is 1. The van der Waals surface area contributed by atoms with Crippen LogP contribution in [-0.2, 0) is 4.74 Å². The van der Waals surface area contributed by atoms with E-state index in [0.717, 1.165) is 0 Å². The van der Waals surface area contributed by atoms with Crippen molar-refractivity contribution in [2.24, 2.45) is 5.73 Å². The Morgan fingerprint density at radius 1 is 1.55 bits per heavy atom. The van der Waals surface area contributed by atoms with Crippen LogP contribution in [-0.4, -0.2) is 18.2 Å². The highest BCUT2D eigenvalue weighted by Gasteiger charge is 2.10. The highest BCUT2D eigenvalue weighted by molar-refractivity contribution is 4.85. The van der Waals surface area contributed by atoms with E-state index in [1.54, 1.807) is 0 Å². The van der Waals surface area contributed by atoms with E-state index < -0.39 is 6.04 Å². The van der Waals surface area contributed by atoms with Crippen molar-refractivity contribution in [3.05, 3.63) is 0 Å². The van der Waals surface area contributed by atoms with E-state index in [2.05, 4.69) is 0 Å². The molecule has 2 N–H and O–H groups in total. The van der Waals surface area contributed by atoms with Crippen LogP contribution in [0.25, 0.3) is 0 Å². The molecule has 0 aliphatic rings. The van der Waals surface area contributed by atoms with Gasteiger partial charge < -0.3 is 10.5 Å². The summed E-state index contributed by atoms with van der Waals surface area (Å²) in [5.41, 5.74) is 5.23. The summed E-state index contributed by atoms with van der Waals surface area (Å²) in [5.74, 6) is 0. The summed E-state index contributed by atoms with van der Waals surface area (Å²) in [5, 5.41) is 8.33. The maximum absolute atomic E-state index is 8.33. The van der Waals surface area contributed by atoms with Crippen LogP contribution in [0.15, 0.2) is 0 Å². The Morgan fingerprint density at radius 2 is 2.09 bits per heavy atom. The standard InChI is InChI=1S/C8H16N2O/c1-8(2,3)11-5-4-7(10)6-9/h7H,4-5,10H2,1-3H3. The van der Waals surface area contributed by atoms with Gasteiger partial charge in [0.05, 0.1) is 17.7 Å². The molecule has 64 valence electrons. The maximum atomic E-state index is 8.33. The van der Waals surface area contributed by atoms with Crippen molar-refractivity contribution < 1.29 is 4.74 Å². The molecule has 1 atom stereocenters. The molecule has 0 aliphatic carbocycles. The van der Waals surface area contributed by atoms with E-state index in [-0.39, 0.29) is 5.60 Å². The van der Waals surface area contributed by atoms with E-state index in [0.29, 0.717) is 13.0 Å². The molecule has 0 saturated carbocycles. The highest BCUT2D eigenvalue weighted by Crippen LogP contribution is 2.06. The van der Waals surface area contributed by atoms with Crippen LogP contribution in [0.3, 0.4) is 0 Å². The minimum atomic E-state index is -0.391. The van der Waals surface area contributed by atoms with Gasteiger partial charge in [0, 0.05) is 6.61 Å². The van der Waals surface area contributed by atoms with Gasteiger partial charge in [-0.05, 0) is 27.2 Å². The Bertz CT molecular complexity index is 143. The van der Waals surface area contributed by atoms with Gasteiger partial charge in [0.25, 0.3) is 0 Å². The summed E-state index contributed by atoms with van der Waals surface area (Å²) >= 11 is 0. The lowest BCUT2D eigenvalue weighted by Gasteiger charge is -2.19. The molecule has 0 rings (SSSR count). The van der Waals surface area contributed by atoms with Crippen molar-refractivity contribution in [3.63, 3.8) is 0 Å². The second kappa shape index (κ2) is 4.32. The van der Waals surface area contributed by atoms with E-state index in [1.165, 1.54) is 0 Å². The van der Waals surface area contributed by atoms with Crippen molar-refractivity contribution in [1.82, 2.24) is 0 Å². The summed E-state index contributed by atoms with van der Waals surface area (Å²) in [7, 11) is 0. The normalized spacial score (nSPS) is 14.1. The third-order valence-corrected chi connectivity index (χ3v) is 1.13. The van der Waals surface area contributed by atoms with Gasteiger partial charge in [0.1, 0.15) is 0 Å². The fraction of sp³-hybridized carbons (Fsp3) is 0.875. The molecule has 0 aromatic rings. The molecule has 0 heterocycles.